The molecule has 2 fully saturated rings. The average Bonchev–Trinajstić information content (AvgIpc) is 3.18. The van der Waals surface area contributed by atoms with Crippen LogP contribution in [-0.2, 0) is 0 Å². The molecule has 0 radical (unpaired) electrons. The first-order valence-corrected chi connectivity index (χ1v) is 11.4. The van der Waals surface area contributed by atoms with E-state index in [0.29, 0.717) is 11.8 Å². The summed E-state index contributed by atoms with van der Waals surface area (Å²) in [6.45, 7) is 6.39. The van der Waals surface area contributed by atoms with Gasteiger partial charge in [0.05, 0.1) is 25.2 Å². The van der Waals surface area contributed by atoms with Gasteiger partial charge in [0, 0.05) is 29.5 Å². The van der Waals surface area contributed by atoms with Crippen molar-refractivity contribution in [2.45, 2.75) is 31.1 Å². The highest BCUT2D eigenvalue weighted by atomic mass is 32.2. The summed E-state index contributed by atoms with van der Waals surface area (Å²) in [6, 6.07) is 8.96. The number of thioether (sulfide) groups is 1. The maximum atomic E-state index is 5.24. The van der Waals surface area contributed by atoms with Crippen LogP contribution >= 0.6 is 11.8 Å². The van der Waals surface area contributed by atoms with Crippen LogP contribution in [0.3, 0.4) is 0 Å². The Morgan fingerprint density at radius 1 is 1.10 bits per heavy atom. The first kappa shape index (κ1) is 20.7. The van der Waals surface area contributed by atoms with Crippen molar-refractivity contribution >= 4 is 17.8 Å². The molecule has 1 saturated heterocycles. The van der Waals surface area contributed by atoms with E-state index in [4.69, 9.17) is 9.26 Å². The second-order valence-electron chi connectivity index (χ2n) is 7.92. The number of benzene rings is 1. The molecule has 1 aliphatic heterocycles. The first-order valence-electron chi connectivity index (χ1n) is 10.2. The van der Waals surface area contributed by atoms with E-state index in [1.807, 2.05) is 12.1 Å². The summed E-state index contributed by atoms with van der Waals surface area (Å²) in [5.74, 6) is 3.52. The molecule has 1 aliphatic carbocycles. The van der Waals surface area contributed by atoms with E-state index >= 15 is 0 Å². The molecule has 30 heavy (non-hydrogen) atoms. The highest BCUT2D eigenvalue weighted by Gasteiger charge is 2.46. The van der Waals surface area contributed by atoms with Gasteiger partial charge in [0.1, 0.15) is 0 Å². The molecule has 2 aromatic heterocycles. The van der Waals surface area contributed by atoms with Crippen molar-refractivity contribution in [1.29, 1.82) is 0 Å². The van der Waals surface area contributed by atoms with Crippen LogP contribution in [0.1, 0.15) is 32.0 Å². The second kappa shape index (κ2) is 9.04. The SMILES string of the molecule is CC(C)c1noc(N2CC3CC3C2)n1.COc1cnc(-c2ccc(SC)cc2)cn1. The number of hydrogen-bond acceptors (Lipinski definition) is 8. The summed E-state index contributed by atoms with van der Waals surface area (Å²) in [6.07, 6.45) is 6.80. The molecule has 0 spiro atoms. The first-order chi connectivity index (χ1) is 14.6. The molecule has 1 aromatic carbocycles. The van der Waals surface area contributed by atoms with Crippen LogP contribution in [0, 0.1) is 11.8 Å². The smallest absolute Gasteiger partial charge is 0.324 e. The summed E-state index contributed by atoms with van der Waals surface area (Å²) in [5, 5.41) is 3.97. The van der Waals surface area contributed by atoms with Gasteiger partial charge in [0.2, 0.25) is 5.88 Å². The summed E-state index contributed by atoms with van der Waals surface area (Å²) < 4.78 is 10.2. The molecule has 0 bridgehead atoms. The fraction of sp³-hybridized carbons (Fsp3) is 0.455. The minimum atomic E-state index is 0.352. The number of piperidine rings is 1. The number of rotatable bonds is 5. The van der Waals surface area contributed by atoms with Gasteiger partial charge < -0.3 is 14.2 Å². The molecular weight excluding hydrogens is 398 g/mol. The van der Waals surface area contributed by atoms with Crippen LogP contribution in [-0.4, -0.2) is 46.6 Å². The Morgan fingerprint density at radius 2 is 1.83 bits per heavy atom. The number of anilines is 1. The molecule has 2 unspecified atom stereocenters. The molecule has 8 heteroatoms. The number of aromatic nitrogens is 4. The number of fused-ring (bicyclic) bond motifs is 1. The molecule has 158 valence electrons. The number of hydrogen-bond donors (Lipinski definition) is 0. The highest BCUT2D eigenvalue weighted by molar-refractivity contribution is 7.98. The lowest BCUT2D eigenvalue weighted by Gasteiger charge is -2.13. The quantitative estimate of drug-likeness (QED) is 0.552. The lowest BCUT2D eigenvalue weighted by molar-refractivity contribution is 0.396. The van der Waals surface area contributed by atoms with Crippen molar-refractivity contribution in [3.05, 3.63) is 42.5 Å². The molecule has 5 rings (SSSR count). The van der Waals surface area contributed by atoms with E-state index in [1.165, 1.54) is 11.3 Å². The summed E-state index contributed by atoms with van der Waals surface area (Å²) in [4.78, 5) is 16.3. The molecule has 2 aliphatic rings. The largest absolute Gasteiger partial charge is 0.480 e. The van der Waals surface area contributed by atoms with E-state index in [2.05, 4.69) is 57.2 Å². The summed E-state index contributed by atoms with van der Waals surface area (Å²) in [7, 11) is 1.58. The van der Waals surface area contributed by atoms with E-state index < -0.39 is 0 Å². The zero-order valence-electron chi connectivity index (χ0n) is 17.8. The minimum Gasteiger partial charge on any atom is -0.480 e. The average molecular weight is 426 g/mol. The lowest BCUT2D eigenvalue weighted by Crippen LogP contribution is -2.22. The van der Waals surface area contributed by atoms with Gasteiger partial charge in [-0.2, -0.15) is 4.98 Å². The van der Waals surface area contributed by atoms with E-state index in [1.54, 1.807) is 31.3 Å². The third-order valence-corrected chi connectivity index (χ3v) is 6.16. The predicted molar refractivity (Wildman–Crippen MR) is 118 cm³/mol. The van der Waals surface area contributed by atoms with E-state index in [9.17, 15) is 0 Å². The van der Waals surface area contributed by atoms with Gasteiger partial charge >= 0.3 is 6.01 Å². The summed E-state index contributed by atoms with van der Waals surface area (Å²) in [5.41, 5.74) is 1.92. The minimum absolute atomic E-state index is 0.352. The van der Waals surface area contributed by atoms with Crippen LogP contribution in [0.25, 0.3) is 11.3 Å². The van der Waals surface area contributed by atoms with Crippen LogP contribution in [0.4, 0.5) is 6.01 Å². The van der Waals surface area contributed by atoms with Crippen molar-refractivity contribution in [3.8, 4) is 17.1 Å². The van der Waals surface area contributed by atoms with Crippen LogP contribution < -0.4 is 9.64 Å². The van der Waals surface area contributed by atoms with Gasteiger partial charge in [0.25, 0.3) is 0 Å². The molecule has 0 N–H and O–H groups in total. The maximum absolute atomic E-state index is 5.24. The Bertz CT molecular complexity index is 903. The Labute approximate surface area is 181 Å². The predicted octanol–water partition coefficient (Wildman–Crippen LogP) is 4.52. The zero-order valence-corrected chi connectivity index (χ0v) is 18.6. The van der Waals surface area contributed by atoms with Gasteiger partial charge in [-0.3, -0.25) is 0 Å². The maximum Gasteiger partial charge on any atom is 0.324 e. The van der Waals surface area contributed by atoms with Gasteiger partial charge in [-0.15, -0.1) is 11.8 Å². The molecule has 2 atom stereocenters. The van der Waals surface area contributed by atoms with Crippen molar-refractivity contribution in [2.75, 3.05) is 31.4 Å². The van der Waals surface area contributed by atoms with Gasteiger partial charge in [-0.05, 0) is 36.6 Å². The van der Waals surface area contributed by atoms with Crippen LogP contribution in [0.2, 0.25) is 0 Å². The van der Waals surface area contributed by atoms with Crippen molar-refractivity contribution in [1.82, 2.24) is 20.1 Å². The van der Waals surface area contributed by atoms with Gasteiger partial charge in [0.15, 0.2) is 5.82 Å². The summed E-state index contributed by atoms with van der Waals surface area (Å²) >= 11 is 1.72. The molecule has 7 nitrogen and oxygen atoms in total. The van der Waals surface area contributed by atoms with E-state index in [-0.39, 0.29) is 0 Å². The fourth-order valence-corrected chi connectivity index (χ4v) is 3.88. The topological polar surface area (TPSA) is 77.2 Å². The lowest BCUT2D eigenvalue weighted by atomic mass is 10.2. The third-order valence-electron chi connectivity index (χ3n) is 5.42. The van der Waals surface area contributed by atoms with Crippen molar-refractivity contribution in [3.63, 3.8) is 0 Å². The second-order valence-corrected chi connectivity index (χ2v) is 8.80. The van der Waals surface area contributed by atoms with Crippen molar-refractivity contribution < 1.29 is 9.26 Å². The Kier molecular flexibility index (Phi) is 6.22. The monoisotopic (exact) mass is 425 g/mol. The van der Waals surface area contributed by atoms with Gasteiger partial charge in [-0.25, -0.2) is 9.97 Å². The van der Waals surface area contributed by atoms with Crippen LogP contribution in [0.15, 0.2) is 46.1 Å². The third kappa shape index (κ3) is 4.75. The molecule has 1 saturated carbocycles. The normalized spacial score (nSPS) is 19.3. The highest BCUT2D eigenvalue weighted by Crippen LogP contribution is 2.45. The van der Waals surface area contributed by atoms with E-state index in [0.717, 1.165) is 48.0 Å². The molecule has 0 amide bonds. The number of nitrogens with zero attached hydrogens (tertiary/aromatic N) is 5. The number of ether oxygens (including phenoxy) is 1. The molecule has 3 heterocycles. The molecule has 3 aromatic rings. The van der Waals surface area contributed by atoms with Gasteiger partial charge in [-0.1, -0.05) is 31.1 Å². The van der Waals surface area contributed by atoms with Crippen molar-refractivity contribution in [2.24, 2.45) is 11.8 Å². The zero-order chi connectivity index (χ0) is 21.1. The van der Waals surface area contributed by atoms with Crippen LogP contribution in [0.5, 0.6) is 5.88 Å². The Morgan fingerprint density at radius 3 is 2.37 bits per heavy atom. The Balaban J connectivity index is 0.000000146. The number of methoxy groups -OCH3 is 1. The molecular formula is C22H27N5O2S. The Hall–Kier alpha value is -2.61. The fourth-order valence-electron chi connectivity index (χ4n) is 3.48. The standard InChI is InChI=1S/C12H12N2OS.C10H15N3O/c1-15-12-8-13-11(7-14-12)9-3-5-10(16-2)6-4-9;1-6(2)9-11-10(14-12-9)13-4-7-3-8(7)5-13/h3-8H,1-2H3;6-8H,3-5H2,1-2H3.